The van der Waals surface area contributed by atoms with Crippen LogP contribution in [0.3, 0.4) is 0 Å². The van der Waals surface area contributed by atoms with Crippen LogP contribution in [0.1, 0.15) is 30.1 Å². The molecule has 1 aliphatic rings. The van der Waals surface area contributed by atoms with Gasteiger partial charge < -0.3 is 14.4 Å². The minimum Gasteiger partial charge on any atom is -0.352 e. The molecule has 9 heteroatoms. The molecule has 0 saturated carbocycles. The van der Waals surface area contributed by atoms with Crippen molar-refractivity contribution in [3.8, 4) is 17.1 Å². The smallest absolute Gasteiger partial charge is 0.241 e. The van der Waals surface area contributed by atoms with Crippen LogP contribution < -0.4 is 5.32 Å². The summed E-state index contributed by atoms with van der Waals surface area (Å²) in [7, 11) is 0. The summed E-state index contributed by atoms with van der Waals surface area (Å²) in [4.78, 5) is 23.8. The Hall–Kier alpha value is -3.30. The molecule has 35 heavy (non-hydrogen) atoms. The quantitative estimate of drug-likeness (QED) is 0.375. The number of carbonyl (C=O) groups is 1. The number of piperidine rings is 1. The molecule has 3 heterocycles. The summed E-state index contributed by atoms with van der Waals surface area (Å²) in [5.41, 5.74) is 3.05. The van der Waals surface area contributed by atoms with Crippen molar-refractivity contribution in [3.63, 3.8) is 0 Å². The first-order chi connectivity index (χ1) is 17.0. The molecule has 2 aromatic carbocycles. The van der Waals surface area contributed by atoms with E-state index < -0.39 is 0 Å². The molecular weight excluding hydrogens is 508 g/mol. The van der Waals surface area contributed by atoms with Crippen molar-refractivity contribution >= 4 is 21.8 Å². The lowest BCUT2D eigenvalue weighted by molar-refractivity contribution is -0.126. The van der Waals surface area contributed by atoms with Gasteiger partial charge in [-0.1, -0.05) is 45.4 Å². The van der Waals surface area contributed by atoms with E-state index in [1.165, 1.54) is 0 Å². The first-order valence-corrected chi connectivity index (χ1v) is 12.5. The molecule has 0 spiro atoms. The second-order valence-electron chi connectivity index (χ2n) is 8.80. The summed E-state index contributed by atoms with van der Waals surface area (Å²) >= 11 is 3.47. The van der Waals surface area contributed by atoms with E-state index in [0.717, 1.165) is 53.0 Å². The first-order valence-electron chi connectivity index (χ1n) is 11.7. The zero-order chi connectivity index (χ0) is 24.2. The van der Waals surface area contributed by atoms with E-state index in [1.807, 2.05) is 66.2 Å². The molecule has 0 atom stereocenters. The van der Waals surface area contributed by atoms with Crippen molar-refractivity contribution in [3.05, 3.63) is 82.7 Å². The molecule has 1 fully saturated rings. The number of nitrogens with zero attached hydrogens (tertiary/aromatic N) is 5. The highest BCUT2D eigenvalue weighted by atomic mass is 79.9. The number of likely N-dealkylation sites (tertiary alicyclic amines) is 1. The van der Waals surface area contributed by atoms with Crippen LogP contribution in [0.2, 0.25) is 0 Å². The summed E-state index contributed by atoms with van der Waals surface area (Å²) in [5, 5.41) is 7.21. The standard InChI is InChI=1S/C26H27BrN6O2/c1-18-28-11-14-33(18)23-7-5-19(6-8-23)16-29-26(34)20-9-12-32(13-10-20)17-24-30-25(31-35-24)21-3-2-4-22(27)15-21/h2-8,11,14-15,20H,9-10,12-13,16-17H2,1H3,(H,29,34). The number of aryl methyl sites for hydroxylation is 1. The number of hydrogen-bond acceptors (Lipinski definition) is 6. The van der Waals surface area contributed by atoms with Gasteiger partial charge in [0, 0.05) is 40.6 Å². The number of nitrogens with one attached hydrogen (secondary N) is 1. The van der Waals surface area contributed by atoms with Gasteiger partial charge in [0.25, 0.3) is 0 Å². The van der Waals surface area contributed by atoms with Crippen molar-refractivity contribution in [1.82, 2.24) is 29.9 Å². The summed E-state index contributed by atoms with van der Waals surface area (Å²) in [6, 6.07) is 16.0. The highest BCUT2D eigenvalue weighted by Gasteiger charge is 2.26. The average Bonchev–Trinajstić information content (AvgIpc) is 3.52. The molecular formula is C26H27BrN6O2. The Morgan fingerprint density at radius 1 is 1.17 bits per heavy atom. The Bertz CT molecular complexity index is 1290. The molecule has 0 bridgehead atoms. The normalized spacial score (nSPS) is 14.8. The second-order valence-corrected chi connectivity index (χ2v) is 9.72. The highest BCUT2D eigenvalue weighted by Crippen LogP contribution is 2.22. The Morgan fingerprint density at radius 3 is 2.69 bits per heavy atom. The Labute approximate surface area is 212 Å². The topological polar surface area (TPSA) is 89.1 Å². The number of halogens is 1. The molecule has 0 unspecified atom stereocenters. The number of hydrogen-bond donors (Lipinski definition) is 1. The molecule has 1 amide bonds. The van der Waals surface area contributed by atoms with Crippen molar-refractivity contribution < 1.29 is 9.32 Å². The first kappa shape index (κ1) is 23.4. The second kappa shape index (κ2) is 10.5. The van der Waals surface area contributed by atoms with E-state index >= 15 is 0 Å². The number of imidazole rings is 1. The Morgan fingerprint density at radius 2 is 1.97 bits per heavy atom. The summed E-state index contributed by atoms with van der Waals surface area (Å²) < 4.78 is 8.47. The molecule has 1 aliphatic heterocycles. The van der Waals surface area contributed by atoms with Crippen molar-refractivity contribution in [2.75, 3.05) is 13.1 Å². The van der Waals surface area contributed by atoms with Gasteiger partial charge in [0.15, 0.2) is 0 Å². The molecule has 8 nitrogen and oxygen atoms in total. The van der Waals surface area contributed by atoms with E-state index in [2.05, 4.69) is 41.3 Å². The maximum Gasteiger partial charge on any atom is 0.241 e. The number of amides is 1. The van der Waals surface area contributed by atoms with Crippen LogP contribution in [0.25, 0.3) is 17.1 Å². The van der Waals surface area contributed by atoms with Gasteiger partial charge in [-0.25, -0.2) is 4.98 Å². The van der Waals surface area contributed by atoms with Crippen LogP contribution in [0.4, 0.5) is 0 Å². The molecule has 2 aromatic heterocycles. The van der Waals surface area contributed by atoms with Crippen LogP contribution in [0.5, 0.6) is 0 Å². The van der Waals surface area contributed by atoms with Crippen molar-refractivity contribution in [2.45, 2.75) is 32.9 Å². The molecule has 1 saturated heterocycles. The van der Waals surface area contributed by atoms with Gasteiger partial charge in [-0.3, -0.25) is 9.69 Å². The van der Waals surface area contributed by atoms with Gasteiger partial charge in [-0.2, -0.15) is 4.98 Å². The minimum atomic E-state index is 0.0269. The van der Waals surface area contributed by atoms with Crippen LogP contribution in [0.15, 0.2) is 69.9 Å². The predicted octanol–water partition coefficient (Wildman–Crippen LogP) is 4.52. The van der Waals surface area contributed by atoms with Gasteiger partial charge >= 0.3 is 0 Å². The molecule has 4 aromatic rings. The maximum absolute atomic E-state index is 12.7. The number of aromatic nitrogens is 4. The highest BCUT2D eigenvalue weighted by molar-refractivity contribution is 9.10. The summed E-state index contributed by atoms with van der Waals surface area (Å²) in [6.45, 7) is 4.75. The maximum atomic E-state index is 12.7. The van der Waals surface area contributed by atoms with Gasteiger partial charge in [-0.15, -0.1) is 0 Å². The SMILES string of the molecule is Cc1nccn1-c1ccc(CNC(=O)C2CCN(Cc3nc(-c4cccc(Br)c4)no3)CC2)cc1. The van der Waals surface area contributed by atoms with Crippen LogP contribution >= 0.6 is 15.9 Å². The van der Waals surface area contributed by atoms with Crippen molar-refractivity contribution in [1.29, 1.82) is 0 Å². The molecule has 5 rings (SSSR count). The lowest BCUT2D eigenvalue weighted by atomic mass is 9.96. The third-order valence-corrected chi connectivity index (χ3v) is 6.87. The van der Waals surface area contributed by atoms with Gasteiger partial charge in [0.1, 0.15) is 5.82 Å². The summed E-state index contributed by atoms with van der Waals surface area (Å²) in [6.07, 6.45) is 5.37. The molecule has 0 aliphatic carbocycles. The Balaban J connectivity index is 1.08. The molecule has 0 radical (unpaired) electrons. The van der Waals surface area contributed by atoms with E-state index in [-0.39, 0.29) is 11.8 Å². The zero-order valence-electron chi connectivity index (χ0n) is 19.5. The Kier molecular flexibility index (Phi) is 7.06. The third kappa shape index (κ3) is 5.68. The minimum absolute atomic E-state index is 0.0269. The third-order valence-electron chi connectivity index (χ3n) is 6.38. The zero-order valence-corrected chi connectivity index (χ0v) is 21.1. The average molecular weight is 535 g/mol. The van der Waals surface area contributed by atoms with Gasteiger partial charge in [-0.05, 0) is 62.7 Å². The fourth-order valence-corrected chi connectivity index (χ4v) is 4.77. The lowest BCUT2D eigenvalue weighted by Gasteiger charge is -2.30. The number of rotatable bonds is 7. The van der Waals surface area contributed by atoms with Crippen LogP contribution in [-0.4, -0.2) is 43.6 Å². The molecule has 180 valence electrons. The van der Waals surface area contributed by atoms with Crippen LogP contribution in [-0.2, 0) is 17.9 Å². The number of benzene rings is 2. The van der Waals surface area contributed by atoms with Gasteiger partial charge in [0.05, 0.1) is 6.54 Å². The van der Waals surface area contributed by atoms with Crippen molar-refractivity contribution in [2.24, 2.45) is 5.92 Å². The van der Waals surface area contributed by atoms with E-state index in [1.54, 1.807) is 6.20 Å². The van der Waals surface area contributed by atoms with Gasteiger partial charge in [0.2, 0.25) is 17.6 Å². The van der Waals surface area contributed by atoms with E-state index in [9.17, 15) is 4.79 Å². The monoisotopic (exact) mass is 534 g/mol. The lowest BCUT2D eigenvalue weighted by Crippen LogP contribution is -2.40. The summed E-state index contributed by atoms with van der Waals surface area (Å²) in [5.74, 6) is 2.27. The van der Waals surface area contributed by atoms with E-state index in [4.69, 9.17) is 4.52 Å². The fourth-order valence-electron chi connectivity index (χ4n) is 4.37. The fraction of sp³-hybridized carbons (Fsp3) is 0.308. The largest absolute Gasteiger partial charge is 0.352 e. The predicted molar refractivity (Wildman–Crippen MR) is 136 cm³/mol. The van der Waals surface area contributed by atoms with Crippen LogP contribution in [0, 0.1) is 12.8 Å². The van der Waals surface area contributed by atoms with E-state index in [0.29, 0.717) is 24.8 Å². The number of carbonyl (C=O) groups excluding carboxylic acids is 1. The molecule has 1 N–H and O–H groups in total.